The van der Waals surface area contributed by atoms with Crippen LogP contribution in [0.3, 0.4) is 0 Å². The molecule has 3 aromatic rings. The van der Waals surface area contributed by atoms with Crippen molar-refractivity contribution in [1.29, 1.82) is 0 Å². The Morgan fingerprint density at radius 1 is 1.04 bits per heavy atom. The Kier molecular flexibility index (Phi) is 4.92. The molecular weight excluding hydrogens is 360 g/mol. The van der Waals surface area contributed by atoms with Gasteiger partial charge in [0.15, 0.2) is 0 Å². The van der Waals surface area contributed by atoms with E-state index in [1.807, 2.05) is 18.2 Å². The minimum Gasteiger partial charge on any atom is -0.495 e. The van der Waals surface area contributed by atoms with Gasteiger partial charge in [0, 0.05) is 16.8 Å². The maximum Gasteiger partial charge on any atom is 0.262 e. The summed E-state index contributed by atoms with van der Waals surface area (Å²) in [5.41, 5.74) is 1.89. The molecule has 0 aliphatic heterocycles. The van der Waals surface area contributed by atoms with Crippen LogP contribution in [0.5, 0.6) is 5.75 Å². The average Bonchev–Trinajstić information content (AvgIpc) is 2.62. The van der Waals surface area contributed by atoms with E-state index in [4.69, 9.17) is 16.3 Å². The third-order valence-electron chi connectivity index (χ3n) is 3.53. The summed E-state index contributed by atoms with van der Waals surface area (Å²) >= 11 is 5.94. The highest BCUT2D eigenvalue weighted by atomic mass is 35.5. The number of benzene rings is 2. The van der Waals surface area contributed by atoms with E-state index in [-0.39, 0.29) is 10.6 Å². The van der Waals surface area contributed by atoms with Crippen molar-refractivity contribution in [1.82, 2.24) is 4.98 Å². The van der Waals surface area contributed by atoms with Crippen molar-refractivity contribution in [2.75, 3.05) is 11.8 Å². The van der Waals surface area contributed by atoms with Gasteiger partial charge in [-0.15, -0.1) is 0 Å². The van der Waals surface area contributed by atoms with Crippen LogP contribution in [0.1, 0.15) is 0 Å². The Labute approximate surface area is 151 Å². The van der Waals surface area contributed by atoms with Crippen LogP contribution in [0.25, 0.3) is 11.3 Å². The van der Waals surface area contributed by atoms with Crippen molar-refractivity contribution in [3.05, 3.63) is 71.9 Å². The fourth-order valence-electron chi connectivity index (χ4n) is 2.30. The first-order chi connectivity index (χ1) is 12.0. The number of nitrogens with one attached hydrogen (secondary N) is 1. The summed E-state index contributed by atoms with van der Waals surface area (Å²) in [5, 5.41) is 0.406. The van der Waals surface area contributed by atoms with Crippen LogP contribution >= 0.6 is 11.6 Å². The fraction of sp³-hybridized carbons (Fsp3) is 0.0556. The number of hydrogen-bond donors (Lipinski definition) is 1. The predicted octanol–water partition coefficient (Wildman–Crippen LogP) is 4.21. The molecule has 25 heavy (non-hydrogen) atoms. The van der Waals surface area contributed by atoms with Crippen LogP contribution in [0.15, 0.2) is 71.8 Å². The maximum atomic E-state index is 12.6. The molecule has 0 bridgehead atoms. The van der Waals surface area contributed by atoms with Crippen molar-refractivity contribution >= 4 is 27.3 Å². The molecule has 5 nitrogen and oxygen atoms in total. The van der Waals surface area contributed by atoms with Gasteiger partial charge < -0.3 is 4.74 Å². The molecule has 0 atom stereocenters. The second-order valence-corrected chi connectivity index (χ2v) is 7.31. The number of aromatic nitrogens is 1. The molecule has 1 N–H and O–H groups in total. The van der Waals surface area contributed by atoms with Gasteiger partial charge in [-0.1, -0.05) is 29.8 Å². The predicted molar refractivity (Wildman–Crippen MR) is 98.5 cm³/mol. The summed E-state index contributed by atoms with van der Waals surface area (Å²) in [4.78, 5) is 4.38. The van der Waals surface area contributed by atoms with E-state index in [0.29, 0.717) is 10.8 Å². The Bertz CT molecular complexity index is 975. The molecule has 0 radical (unpaired) electrons. The highest BCUT2D eigenvalue weighted by Gasteiger charge is 2.17. The first-order valence-corrected chi connectivity index (χ1v) is 9.23. The van der Waals surface area contributed by atoms with Crippen molar-refractivity contribution < 1.29 is 13.2 Å². The van der Waals surface area contributed by atoms with Crippen LogP contribution in [0.2, 0.25) is 5.02 Å². The average molecular weight is 375 g/mol. The topological polar surface area (TPSA) is 68.3 Å². The van der Waals surface area contributed by atoms with Crippen molar-refractivity contribution in [3.8, 4) is 17.0 Å². The zero-order valence-electron chi connectivity index (χ0n) is 13.3. The summed E-state index contributed by atoms with van der Waals surface area (Å²) in [7, 11) is -2.31. The molecule has 128 valence electrons. The van der Waals surface area contributed by atoms with E-state index in [2.05, 4.69) is 9.71 Å². The van der Waals surface area contributed by atoms with Gasteiger partial charge in [0.25, 0.3) is 10.0 Å². The van der Waals surface area contributed by atoms with Crippen molar-refractivity contribution in [2.24, 2.45) is 0 Å². The van der Waals surface area contributed by atoms with Gasteiger partial charge in [0.2, 0.25) is 0 Å². The van der Waals surface area contributed by atoms with Crippen molar-refractivity contribution in [2.45, 2.75) is 4.90 Å². The summed E-state index contributed by atoms with van der Waals surface area (Å²) in [6.07, 6.45) is 1.69. The molecule has 3 rings (SSSR count). The molecule has 0 fully saturated rings. The van der Waals surface area contributed by atoms with Crippen LogP contribution in [0.4, 0.5) is 5.69 Å². The number of pyridine rings is 1. The third kappa shape index (κ3) is 3.92. The minimum absolute atomic E-state index is 0.134. The molecule has 0 saturated heterocycles. The normalized spacial score (nSPS) is 11.1. The largest absolute Gasteiger partial charge is 0.495 e. The van der Waals surface area contributed by atoms with Gasteiger partial charge in [0.1, 0.15) is 5.75 Å². The van der Waals surface area contributed by atoms with Gasteiger partial charge in [-0.3, -0.25) is 9.71 Å². The first-order valence-electron chi connectivity index (χ1n) is 7.37. The monoisotopic (exact) mass is 374 g/mol. The summed E-state index contributed by atoms with van der Waals surface area (Å²) in [5.74, 6) is 0.387. The Morgan fingerprint density at radius 2 is 1.80 bits per heavy atom. The molecule has 2 aromatic carbocycles. The first kappa shape index (κ1) is 17.3. The number of methoxy groups -OCH3 is 1. The van der Waals surface area contributed by atoms with Crippen molar-refractivity contribution in [3.63, 3.8) is 0 Å². The summed E-state index contributed by atoms with van der Waals surface area (Å²) in [6, 6.07) is 16.8. The molecule has 0 aliphatic rings. The molecular formula is C18H15ClN2O3S. The number of rotatable bonds is 5. The number of anilines is 1. The summed E-state index contributed by atoms with van der Waals surface area (Å²) < 4.78 is 32.9. The minimum atomic E-state index is -3.77. The Hall–Kier alpha value is -2.57. The summed E-state index contributed by atoms with van der Waals surface area (Å²) in [6.45, 7) is 0. The lowest BCUT2D eigenvalue weighted by Gasteiger charge is -2.12. The van der Waals surface area contributed by atoms with E-state index in [9.17, 15) is 8.42 Å². The highest BCUT2D eigenvalue weighted by Crippen LogP contribution is 2.30. The molecule has 0 aliphatic carbocycles. The molecule has 0 saturated carbocycles. The lowest BCUT2D eigenvalue weighted by atomic mass is 10.1. The second kappa shape index (κ2) is 7.13. The Balaban J connectivity index is 1.89. The van der Waals surface area contributed by atoms with Crippen LogP contribution in [0, 0.1) is 0 Å². The zero-order valence-corrected chi connectivity index (χ0v) is 14.9. The lowest BCUT2D eigenvalue weighted by Crippen LogP contribution is -2.13. The van der Waals surface area contributed by atoms with Gasteiger partial charge in [-0.25, -0.2) is 8.42 Å². The number of halogens is 1. The van der Waals surface area contributed by atoms with E-state index < -0.39 is 10.0 Å². The maximum absolute atomic E-state index is 12.6. The molecule has 0 unspecified atom stereocenters. The third-order valence-corrected chi connectivity index (χ3v) is 5.15. The number of hydrogen-bond acceptors (Lipinski definition) is 4. The number of sulfonamides is 1. The highest BCUT2D eigenvalue weighted by molar-refractivity contribution is 7.92. The van der Waals surface area contributed by atoms with Gasteiger partial charge in [-0.2, -0.15) is 0 Å². The SMILES string of the molecule is COc1ccc(Cl)cc1NS(=O)(=O)c1ccc(-c2ccccn2)cc1. The molecule has 0 spiro atoms. The molecule has 1 heterocycles. The number of nitrogens with zero attached hydrogens (tertiary/aromatic N) is 1. The lowest BCUT2D eigenvalue weighted by molar-refractivity contribution is 0.417. The quantitative estimate of drug-likeness (QED) is 0.726. The van der Waals surface area contributed by atoms with E-state index in [0.717, 1.165) is 11.3 Å². The second-order valence-electron chi connectivity index (χ2n) is 5.19. The van der Waals surface area contributed by atoms with Crippen LogP contribution in [-0.4, -0.2) is 20.5 Å². The van der Waals surface area contributed by atoms with Crippen LogP contribution in [-0.2, 0) is 10.0 Å². The Morgan fingerprint density at radius 3 is 2.44 bits per heavy atom. The fourth-order valence-corrected chi connectivity index (χ4v) is 3.54. The van der Waals surface area contributed by atoms with E-state index in [1.165, 1.54) is 25.3 Å². The molecule has 1 aromatic heterocycles. The van der Waals surface area contributed by atoms with Gasteiger partial charge in [0.05, 0.1) is 23.4 Å². The van der Waals surface area contributed by atoms with Gasteiger partial charge >= 0.3 is 0 Å². The van der Waals surface area contributed by atoms with E-state index in [1.54, 1.807) is 30.5 Å². The number of ether oxygens (including phenoxy) is 1. The zero-order chi connectivity index (χ0) is 17.9. The smallest absolute Gasteiger partial charge is 0.262 e. The van der Waals surface area contributed by atoms with E-state index >= 15 is 0 Å². The van der Waals surface area contributed by atoms with Gasteiger partial charge in [-0.05, 0) is 42.5 Å². The molecule has 7 heteroatoms. The molecule has 0 amide bonds. The van der Waals surface area contributed by atoms with Crippen LogP contribution < -0.4 is 9.46 Å². The standard InChI is InChI=1S/C18H15ClN2O3S/c1-24-18-10-7-14(19)12-17(18)21-25(22,23)15-8-5-13(6-9-15)16-4-2-3-11-20-16/h2-12,21H,1H3.